The van der Waals surface area contributed by atoms with Gasteiger partial charge < -0.3 is 0 Å². The molecule has 192 valence electrons. The minimum Gasteiger partial charge on any atom is -0.278 e. The Kier molecular flexibility index (Phi) is 7.11. The van der Waals surface area contributed by atoms with E-state index in [-0.39, 0.29) is 17.3 Å². The molecule has 0 bridgehead atoms. The maximum Gasteiger partial charge on any atom is 0.260 e. The van der Waals surface area contributed by atoms with E-state index >= 15 is 0 Å². The smallest absolute Gasteiger partial charge is 0.260 e. The van der Waals surface area contributed by atoms with E-state index in [1.54, 1.807) is 27.5 Å². The molecular weight excluding hydrogens is 504 g/mol. The number of fused-ring (bicyclic) bond motifs is 1. The molecule has 2 aromatic heterocycles. The monoisotopic (exact) mass is 534 g/mol. The summed E-state index contributed by atoms with van der Waals surface area (Å²) in [4.78, 5) is 24.8. The van der Waals surface area contributed by atoms with Crippen molar-refractivity contribution >= 4 is 42.6 Å². The van der Waals surface area contributed by atoms with Gasteiger partial charge in [0.25, 0.3) is 5.91 Å². The summed E-state index contributed by atoms with van der Waals surface area (Å²) in [6.45, 7) is 7.45. The second kappa shape index (κ2) is 10.3. The van der Waals surface area contributed by atoms with Gasteiger partial charge in [-0.05, 0) is 73.2 Å². The van der Waals surface area contributed by atoms with Gasteiger partial charge in [-0.25, -0.2) is 13.4 Å². The highest BCUT2D eigenvalue weighted by atomic mass is 32.2. The van der Waals surface area contributed by atoms with Gasteiger partial charge in [0.15, 0.2) is 5.13 Å². The van der Waals surface area contributed by atoms with Crippen molar-refractivity contribution in [2.75, 3.05) is 18.0 Å². The maximum atomic E-state index is 13.8. The maximum absolute atomic E-state index is 13.8. The van der Waals surface area contributed by atoms with Gasteiger partial charge in [0, 0.05) is 24.8 Å². The van der Waals surface area contributed by atoms with Gasteiger partial charge in [-0.15, -0.1) is 0 Å². The number of aromatic nitrogens is 2. The second-order valence-electron chi connectivity index (χ2n) is 9.92. The van der Waals surface area contributed by atoms with Crippen molar-refractivity contribution in [3.63, 3.8) is 0 Å². The van der Waals surface area contributed by atoms with Crippen LogP contribution in [0.1, 0.15) is 41.9 Å². The number of anilines is 1. The predicted molar refractivity (Wildman–Crippen MR) is 147 cm³/mol. The van der Waals surface area contributed by atoms with E-state index in [4.69, 9.17) is 4.98 Å². The van der Waals surface area contributed by atoms with Crippen LogP contribution >= 0.6 is 11.3 Å². The number of nitrogens with zero attached hydrogens (tertiary/aromatic N) is 4. The number of hydrogen-bond acceptors (Lipinski definition) is 6. The van der Waals surface area contributed by atoms with E-state index in [1.807, 2.05) is 43.3 Å². The van der Waals surface area contributed by atoms with Crippen LogP contribution in [0.15, 0.2) is 71.8 Å². The van der Waals surface area contributed by atoms with Crippen molar-refractivity contribution in [1.82, 2.24) is 14.3 Å². The van der Waals surface area contributed by atoms with Crippen LogP contribution in [0.4, 0.5) is 5.13 Å². The lowest BCUT2D eigenvalue weighted by molar-refractivity contribution is 0.0984. The van der Waals surface area contributed by atoms with Crippen LogP contribution in [-0.4, -0.2) is 41.7 Å². The van der Waals surface area contributed by atoms with Crippen molar-refractivity contribution < 1.29 is 13.2 Å². The molecule has 0 N–H and O–H groups in total. The van der Waals surface area contributed by atoms with Crippen LogP contribution in [0.3, 0.4) is 0 Å². The molecule has 1 saturated heterocycles. The molecule has 0 radical (unpaired) electrons. The van der Waals surface area contributed by atoms with E-state index in [0.29, 0.717) is 35.6 Å². The number of pyridine rings is 1. The number of thiazole rings is 1. The first-order valence-corrected chi connectivity index (χ1v) is 14.7. The van der Waals surface area contributed by atoms with Gasteiger partial charge in [-0.3, -0.25) is 14.7 Å². The van der Waals surface area contributed by atoms with Crippen LogP contribution in [0.25, 0.3) is 10.2 Å². The molecule has 0 saturated carbocycles. The highest BCUT2D eigenvalue weighted by molar-refractivity contribution is 7.89. The van der Waals surface area contributed by atoms with Gasteiger partial charge in [-0.1, -0.05) is 43.4 Å². The Balaban J connectivity index is 1.46. The van der Waals surface area contributed by atoms with Crippen LogP contribution in [0.5, 0.6) is 0 Å². The van der Waals surface area contributed by atoms with Crippen molar-refractivity contribution in [1.29, 1.82) is 0 Å². The van der Waals surface area contributed by atoms with E-state index < -0.39 is 10.0 Å². The number of piperidine rings is 1. The second-order valence-corrected chi connectivity index (χ2v) is 12.9. The van der Waals surface area contributed by atoms with Crippen molar-refractivity contribution in [2.45, 2.75) is 38.6 Å². The average molecular weight is 535 g/mol. The molecule has 4 aromatic rings. The fourth-order valence-corrected chi connectivity index (χ4v) is 7.67. The summed E-state index contributed by atoms with van der Waals surface area (Å²) in [5.74, 6) is 0.375. The summed E-state index contributed by atoms with van der Waals surface area (Å²) >= 11 is 1.45. The summed E-state index contributed by atoms with van der Waals surface area (Å²) in [6.07, 6.45) is 2.72. The summed E-state index contributed by atoms with van der Waals surface area (Å²) in [5, 5.41) is 0.577. The van der Waals surface area contributed by atoms with Crippen LogP contribution in [0.2, 0.25) is 0 Å². The molecular formula is C28H30N4O3S2. The summed E-state index contributed by atoms with van der Waals surface area (Å²) < 4.78 is 29.2. The topological polar surface area (TPSA) is 83.5 Å². The fraction of sp³-hybridized carbons (Fsp3) is 0.321. The quantitative estimate of drug-likeness (QED) is 0.326. The number of aryl methyl sites for hydroxylation is 1. The summed E-state index contributed by atoms with van der Waals surface area (Å²) in [7, 11) is -3.63. The van der Waals surface area contributed by atoms with Gasteiger partial charge in [0.1, 0.15) is 0 Å². The van der Waals surface area contributed by atoms with E-state index in [9.17, 15) is 13.2 Å². The molecule has 1 fully saturated rings. The molecule has 0 aliphatic carbocycles. The fourth-order valence-electron chi connectivity index (χ4n) is 4.95. The third-order valence-electron chi connectivity index (χ3n) is 6.71. The Hall–Kier alpha value is -3.14. The van der Waals surface area contributed by atoms with Gasteiger partial charge >= 0.3 is 0 Å². The standard InChI is InChI=1S/C28H30N4O3S2/c1-19-15-20(2)17-31(16-19)37(34,35)24-12-10-22(11-13-24)27(33)32(18-23-8-4-5-14-29-23)28-30-26-21(3)7-6-9-25(26)36-28/h4-14,19-20H,15-18H2,1-3H3. The molecule has 1 aliphatic rings. The highest BCUT2D eigenvalue weighted by Gasteiger charge is 2.32. The Morgan fingerprint density at radius 1 is 1.03 bits per heavy atom. The summed E-state index contributed by atoms with van der Waals surface area (Å²) in [6, 6.07) is 17.8. The molecule has 37 heavy (non-hydrogen) atoms. The molecule has 3 heterocycles. The third kappa shape index (κ3) is 5.30. The molecule has 1 amide bonds. The number of carbonyl (C=O) groups excluding carboxylic acids is 1. The Bertz CT molecular complexity index is 1510. The van der Waals surface area contributed by atoms with Gasteiger partial charge in [-0.2, -0.15) is 4.31 Å². The van der Waals surface area contributed by atoms with Gasteiger partial charge in [0.05, 0.1) is 27.4 Å². The third-order valence-corrected chi connectivity index (χ3v) is 9.60. The van der Waals surface area contributed by atoms with Crippen LogP contribution in [-0.2, 0) is 16.6 Å². The SMILES string of the molecule is Cc1cccc2sc(N(Cc3ccccn3)C(=O)c3ccc(S(=O)(=O)N4CC(C)CC(C)C4)cc3)nc12. The van der Waals surface area contributed by atoms with Gasteiger partial charge in [0.2, 0.25) is 10.0 Å². The normalized spacial score (nSPS) is 18.7. The molecule has 0 spiro atoms. The summed E-state index contributed by atoms with van der Waals surface area (Å²) in [5.41, 5.74) is 3.04. The molecule has 2 atom stereocenters. The number of hydrogen-bond donors (Lipinski definition) is 0. The molecule has 5 rings (SSSR count). The predicted octanol–water partition coefficient (Wildman–Crippen LogP) is 5.51. The number of carbonyl (C=O) groups is 1. The number of para-hydroxylation sites is 1. The van der Waals surface area contributed by atoms with Crippen molar-refractivity contribution in [2.24, 2.45) is 11.8 Å². The zero-order valence-corrected chi connectivity index (χ0v) is 22.8. The average Bonchev–Trinajstić information content (AvgIpc) is 3.32. The van der Waals surface area contributed by atoms with E-state index in [0.717, 1.165) is 27.9 Å². The lowest BCUT2D eigenvalue weighted by Gasteiger charge is -2.34. The largest absolute Gasteiger partial charge is 0.278 e. The van der Waals surface area contributed by atoms with E-state index in [1.165, 1.54) is 23.5 Å². The molecule has 2 aromatic carbocycles. The molecule has 9 heteroatoms. The van der Waals surface area contributed by atoms with E-state index in [2.05, 4.69) is 18.8 Å². The minimum absolute atomic E-state index is 0.206. The first kappa shape index (κ1) is 25.5. The number of benzene rings is 2. The lowest BCUT2D eigenvalue weighted by atomic mass is 9.94. The first-order valence-electron chi connectivity index (χ1n) is 12.4. The van der Waals surface area contributed by atoms with Crippen molar-refractivity contribution in [3.8, 4) is 0 Å². The molecule has 1 aliphatic heterocycles. The molecule has 2 unspecified atom stereocenters. The number of sulfonamides is 1. The highest BCUT2D eigenvalue weighted by Crippen LogP contribution is 2.33. The Morgan fingerprint density at radius 3 is 2.41 bits per heavy atom. The van der Waals surface area contributed by atoms with Crippen LogP contribution < -0.4 is 4.90 Å². The van der Waals surface area contributed by atoms with Crippen molar-refractivity contribution in [3.05, 3.63) is 83.7 Å². The number of rotatable bonds is 6. The first-order chi connectivity index (χ1) is 17.7. The van der Waals surface area contributed by atoms with Crippen LogP contribution in [0, 0.1) is 18.8 Å². The minimum atomic E-state index is -3.63. The zero-order valence-electron chi connectivity index (χ0n) is 21.2. The lowest BCUT2D eigenvalue weighted by Crippen LogP contribution is -2.42. The Labute approximate surface area is 221 Å². The zero-order chi connectivity index (χ0) is 26.2. The molecule has 7 nitrogen and oxygen atoms in total. The Morgan fingerprint density at radius 2 is 1.76 bits per heavy atom. The number of amides is 1.